The lowest BCUT2D eigenvalue weighted by molar-refractivity contribution is -0.119. The molecule has 1 amide bonds. The van der Waals surface area contributed by atoms with Crippen LogP contribution in [0, 0.1) is 0 Å². The van der Waals surface area contributed by atoms with E-state index in [9.17, 15) is 13.2 Å². The highest BCUT2D eigenvalue weighted by Crippen LogP contribution is 2.24. The van der Waals surface area contributed by atoms with E-state index in [1.807, 2.05) is 42.5 Å². The first-order valence-electron chi connectivity index (χ1n) is 8.27. The lowest BCUT2D eigenvalue weighted by Crippen LogP contribution is -2.34. The first kappa shape index (κ1) is 18.2. The first-order chi connectivity index (χ1) is 12.0. The first-order valence-corrected chi connectivity index (χ1v) is 11.1. The van der Waals surface area contributed by atoms with Crippen molar-refractivity contribution in [1.29, 1.82) is 0 Å². The summed E-state index contributed by atoms with van der Waals surface area (Å²) in [5.74, 6) is 0.549. The fraction of sp³-hybridized carbons (Fsp3) is 0.389. The molecule has 1 fully saturated rings. The number of thioether (sulfide) groups is 1. The normalized spacial score (nSPS) is 20.4. The zero-order chi connectivity index (χ0) is 17.9. The molecule has 7 heteroatoms. The molecule has 1 aliphatic rings. The van der Waals surface area contributed by atoms with Gasteiger partial charge in [0.15, 0.2) is 9.84 Å². The van der Waals surface area contributed by atoms with E-state index in [1.54, 1.807) is 0 Å². The third kappa shape index (κ3) is 4.74. The van der Waals surface area contributed by atoms with Gasteiger partial charge in [-0.05, 0) is 28.8 Å². The molecule has 1 aliphatic heterocycles. The largest absolute Gasteiger partial charge is 0.347 e. The number of fused-ring (bicyclic) bond motifs is 1. The highest BCUT2D eigenvalue weighted by atomic mass is 32.2. The molecule has 0 spiro atoms. The summed E-state index contributed by atoms with van der Waals surface area (Å²) in [7, 11) is -2.91. The molecule has 0 aromatic heterocycles. The summed E-state index contributed by atoms with van der Waals surface area (Å²) in [5, 5.41) is 5.23. The van der Waals surface area contributed by atoms with E-state index in [0.717, 1.165) is 16.3 Å². The Labute approximate surface area is 152 Å². The number of carbonyl (C=O) groups is 1. The second-order valence-electron chi connectivity index (χ2n) is 6.30. The van der Waals surface area contributed by atoms with Gasteiger partial charge in [-0.2, -0.15) is 0 Å². The average Bonchev–Trinajstić information content (AvgIpc) is 2.96. The number of benzene rings is 2. The summed E-state index contributed by atoms with van der Waals surface area (Å²) in [6.07, 6.45) is 0.630. The smallest absolute Gasteiger partial charge is 0.230 e. The minimum Gasteiger partial charge on any atom is -0.347 e. The highest BCUT2D eigenvalue weighted by molar-refractivity contribution is 8.02. The van der Waals surface area contributed by atoms with Crippen molar-refractivity contribution in [2.45, 2.75) is 17.7 Å². The highest BCUT2D eigenvalue weighted by Gasteiger charge is 2.28. The monoisotopic (exact) mass is 378 g/mol. The Balaban J connectivity index is 1.60. The molecule has 3 rings (SSSR count). The van der Waals surface area contributed by atoms with Gasteiger partial charge in [0.2, 0.25) is 5.91 Å². The lowest BCUT2D eigenvalue weighted by Gasteiger charge is -2.18. The summed E-state index contributed by atoms with van der Waals surface area (Å²) in [5.41, 5.74) is 6.83. The van der Waals surface area contributed by atoms with E-state index in [1.165, 1.54) is 11.8 Å². The van der Waals surface area contributed by atoms with Gasteiger partial charge in [0.25, 0.3) is 0 Å². The molecule has 2 aromatic carbocycles. The molecule has 0 aliphatic carbocycles. The number of hydrogen-bond donors (Lipinski definition) is 2. The van der Waals surface area contributed by atoms with Gasteiger partial charge in [-0.25, -0.2) is 8.42 Å². The van der Waals surface area contributed by atoms with Crippen molar-refractivity contribution in [2.75, 3.05) is 23.8 Å². The second-order valence-corrected chi connectivity index (χ2v) is 9.82. The molecule has 0 saturated carbocycles. The van der Waals surface area contributed by atoms with Gasteiger partial charge in [0.1, 0.15) is 0 Å². The van der Waals surface area contributed by atoms with Crippen molar-refractivity contribution in [2.24, 2.45) is 5.73 Å². The maximum Gasteiger partial charge on any atom is 0.230 e. The van der Waals surface area contributed by atoms with Gasteiger partial charge in [-0.15, -0.1) is 11.8 Å². The van der Waals surface area contributed by atoms with E-state index in [-0.39, 0.29) is 34.5 Å². The molecule has 1 heterocycles. The molecule has 0 radical (unpaired) electrons. The maximum atomic E-state index is 12.2. The van der Waals surface area contributed by atoms with Crippen LogP contribution < -0.4 is 11.1 Å². The van der Waals surface area contributed by atoms with Crippen LogP contribution in [0.5, 0.6) is 0 Å². The molecule has 1 saturated heterocycles. The third-order valence-electron chi connectivity index (χ3n) is 4.39. The Bertz CT molecular complexity index is 868. The van der Waals surface area contributed by atoms with Crippen LogP contribution in [0.1, 0.15) is 18.0 Å². The second kappa shape index (κ2) is 7.76. The number of sulfone groups is 1. The van der Waals surface area contributed by atoms with Crippen LogP contribution in [0.4, 0.5) is 0 Å². The molecule has 3 N–H and O–H groups in total. The minimum atomic E-state index is -2.91. The summed E-state index contributed by atoms with van der Waals surface area (Å²) in [6.45, 7) is 0.312. The number of amides is 1. The van der Waals surface area contributed by atoms with Crippen LogP contribution in [-0.2, 0) is 14.6 Å². The summed E-state index contributed by atoms with van der Waals surface area (Å²) >= 11 is 1.41. The van der Waals surface area contributed by atoms with Crippen LogP contribution in [0.15, 0.2) is 42.5 Å². The molecule has 134 valence electrons. The SMILES string of the molecule is NCC(NC(=O)CSC1CCS(=O)(=O)C1)c1ccc2ccccc2c1. The quantitative estimate of drug-likeness (QED) is 0.801. The van der Waals surface area contributed by atoms with Crippen LogP contribution >= 0.6 is 11.8 Å². The Morgan fingerprint density at radius 1 is 1.24 bits per heavy atom. The molecular weight excluding hydrogens is 356 g/mol. The number of nitrogens with two attached hydrogens (primary N) is 1. The third-order valence-corrected chi connectivity index (χ3v) is 7.67. The van der Waals surface area contributed by atoms with E-state index >= 15 is 0 Å². The predicted octanol–water partition coefficient (Wildman–Crippen LogP) is 1.88. The fourth-order valence-electron chi connectivity index (χ4n) is 3.02. The molecule has 5 nitrogen and oxygen atoms in total. The van der Waals surface area contributed by atoms with E-state index < -0.39 is 9.84 Å². The van der Waals surface area contributed by atoms with Crippen molar-refractivity contribution in [3.8, 4) is 0 Å². The number of nitrogens with one attached hydrogen (secondary N) is 1. The molecule has 2 atom stereocenters. The number of hydrogen-bond acceptors (Lipinski definition) is 5. The molecular formula is C18H22N2O3S2. The number of rotatable bonds is 6. The maximum absolute atomic E-state index is 12.2. The standard InChI is InChI=1S/C18H22N2O3S2/c19-10-17(15-6-5-13-3-1-2-4-14(13)9-15)20-18(21)11-24-16-7-8-25(22,23)12-16/h1-6,9,16-17H,7-8,10-12,19H2,(H,20,21). The van der Waals surface area contributed by atoms with Crippen molar-refractivity contribution in [1.82, 2.24) is 5.32 Å². The fourth-order valence-corrected chi connectivity index (χ4v) is 6.48. The van der Waals surface area contributed by atoms with E-state index in [2.05, 4.69) is 5.32 Å². The summed E-state index contributed by atoms with van der Waals surface area (Å²) < 4.78 is 22.9. The summed E-state index contributed by atoms with van der Waals surface area (Å²) in [4.78, 5) is 12.2. The van der Waals surface area contributed by atoms with Gasteiger partial charge < -0.3 is 11.1 Å². The van der Waals surface area contributed by atoms with Gasteiger partial charge in [0, 0.05) is 11.8 Å². The molecule has 0 bridgehead atoms. The summed E-state index contributed by atoms with van der Waals surface area (Å²) in [6, 6.07) is 13.9. The topological polar surface area (TPSA) is 89.3 Å². The average molecular weight is 379 g/mol. The Hall–Kier alpha value is -1.57. The van der Waals surface area contributed by atoms with Crippen LogP contribution in [-0.4, -0.2) is 43.4 Å². The van der Waals surface area contributed by atoms with E-state index in [0.29, 0.717) is 13.0 Å². The minimum absolute atomic E-state index is 0.0211. The van der Waals surface area contributed by atoms with Gasteiger partial charge >= 0.3 is 0 Å². The lowest BCUT2D eigenvalue weighted by atomic mass is 10.0. The van der Waals surface area contributed by atoms with Crippen molar-refractivity contribution < 1.29 is 13.2 Å². The molecule has 2 aromatic rings. The zero-order valence-corrected chi connectivity index (χ0v) is 15.5. The molecule has 2 unspecified atom stereocenters. The van der Waals surface area contributed by atoms with Crippen molar-refractivity contribution in [3.05, 3.63) is 48.0 Å². The van der Waals surface area contributed by atoms with Gasteiger partial charge in [0.05, 0.1) is 23.3 Å². The van der Waals surface area contributed by atoms with Crippen molar-refractivity contribution >= 4 is 38.3 Å². The van der Waals surface area contributed by atoms with Crippen LogP contribution in [0.3, 0.4) is 0 Å². The van der Waals surface area contributed by atoms with Crippen molar-refractivity contribution in [3.63, 3.8) is 0 Å². The predicted molar refractivity (Wildman–Crippen MR) is 103 cm³/mol. The van der Waals surface area contributed by atoms with Crippen LogP contribution in [0.2, 0.25) is 0 Å². The Morgan fingerprint density at radius 2 is 2.00 bits per heavy atom. The van der Waals surface area contributed by atoms with E-state index in [4.69, 9.17) is 5.73 Å². The van der Waals surface area contributed by atoms with Gasteiger partial charge in [-0.3, -0.25) is 4.79 Å². The van der Waals surface area contributed by atoms with Gasteiger partial charge in [-0.1, -0.05) is 36.4 Å². The molecule has 25 heavy (non-hydrogen) atoms. The zero-order valence-electron chi connectivity index (χ0n) is 13.9. The Morgan fingerprint density at radius 3 is 2.68 bits per heavy atom. The van der Waals surface area contributed by atoms with Crippen LogP contribution in [0.25, 0.3) is 10.8 Å². The number of carbonyl (C=O) groups excluding carboxylic acids is 1. The Kier molecular flexibility index (Phi) is 5.66.